The smallest absolute Gasteiger partial charge is 0.198 e. The van der Waals surface area contributed by atoms with Crippen LogP contribution in [-0.4, -0.2) is 41.8 Å². The maximum atomic E-state index is 5.40. The van der Waals surface area contributed by atoms with Gasteiger partial charge in [-0.25, -0.2) is 4.68 Å². The zero-order valence-corrected chi connectivity index (χ0v) is 13.7. The lowest BCUT2D eigenvalue weighted by Crippen LogP contribution is -2.37. The summed E-state index contributed by atoms with van der Waals surface area (Å²) in [5.41, 5.74) is 1.09. The minimum Gasteiger partial charge on any atom is -0.310 e. The molecule has 112 valence electrons. The Kier molecular flexibility index (Phi) is 4.72. The molecule has 0 spiro atoms. The van der Waals surface area contributed by atoms with E-state index >= 15 is 0 Å². The van der Waals surface area contributed by atoms with E-state index in [1.54, 1.807) is 6.33 Å². The summed E-state index contributed by atoms with van der Waals surface area (Å²) >= 11 is 7.42. The van der Waals surface area contributed by atoms with Gasteiger partial charge in [-0.15, -0.1) is 0 Å². The Hall–Kier alpha value is -1.18. The van der Waals surface area contributed by atoms with Crippen molar-refractivity contribution in [3.05, 3.63) is 41.2 Å². The van der Waals surface area contributed by atoms with E-state index < -0.39 is 0 Å². The van der Waals surface area contributed by atoms with Crippen molar-refractivity contribution in [1.29, 1.82) is 0 Å². The van der Waals surface area contributed by atoms with E-state index in [0.29, 0.717) is 6.04 Å². The molecule has 2 aromatic heterocycles. The molecule has 5 nitrogen and oxygen atoms in total. The Morgan fingerprint density at radius 2 is 2.38 bits per heavy atom. The number of aromatic nitrogens is 4. The fraction of sp³-hybridized carbons (Fsp3) is 0.500. The highest BCUT2D eigenvalue weighted by Crippen LogP contribution is 2.24. The molecule has 7 heteroatoms. The first-order chi connectivity index (χ1) is 10.2. The van der Waals surface area contributed by atoms with Gasteiger partial charge in [0.2, 0.25) is 0 Å². The van der Waals surface area contributed by atoms with Crippen LogP contribution in [0.4, 0.5) is 0 Å². The van der Waals surface area contributed by atoms with Gasteiger partial charge in [0.25, 0.3) is 0 Å². The first-order valence-corrected chi connectivity index (χ1v) is 8.60. The Balaban J connectivity index is 1.79. The molecular weight excluding hydrogens is 302 g/mol. The lowest BCUT2D eigenvalue weighted by molar-refractivity contribution is 0.144. The molecule has 0 aromatic carbocycles. The highest BCUT2D eigenvalue weighted by Gasteiger charge is 2.24. The van der Waals surface area contributed by atoms with Gasteiger partial charge in [0.15, 0.2) is 4.77 Å². The Bertz CT molecular complexity index is 630. The summed E-state index contributed by atoms with van der Waals surface area (Å²) in [7, 11) is 1.93. The van der Waals surface area contributed by atoms with Gasteiger partial charge in [-0.05, 0) is 36.5 Å². The Morgan fingerprint density at radius 1 is 1.48 bits per heavy atom. The molecule has 3 heterocycles. The topological polar surface area (TPSA) is 38.9 Å². The van der Waals surface area contributed by atoms with E-state index in [0.717, 1.165) is 23.7 Å². The summed E-state index contributed by atoms with van der Waals surface area (Å²) in [5, 5.41) is 4.37. The maximum absolute atomic E-state index is 5.40. The molecule has 21 heavy (non-hydrogen) atoms. The molecule has 0 bridgehead atoms. The number of aryl methyl sites for hydroxylation is 1. The third-order valence-corrected chi connectivity index (χ3v) is 5.36. The molecule has 0 aliphatic carbocycles. The van der Waals surface area contributed by atoms with Crippen molar-refractivity contribution in [2.45, 2.75) is 25.7 Å². The van der Waals surface area contributed by atoms with Crippen molar-refractivity contribution in [2.24, 2.45) is 7.05 Å². The lowest BCUT2D eigenvalue weighted by Gasteiger charge is -2.27. The number of hydrogen-bond acceptors (Lipinski definition) is 5. The van der Waals surface area contributed by atoms with Crippen molar-refractivity contribution in [3.8, 4) is 0 Å². The molecule has 1 unspecified atom stereocenters. The number of pyridine rings is 1. The average molecular weight is 321 g/mol. The zero-order valence-electron chi connectivity index (χ0n) is 12.1. The van der Waals surface area contributed by atoms with Gasteiger partial charge in [-0.1, -0.05) is 6.07 Å². The van der Waals surface area contributed by atoms with E-state index in [1.807, 2.05) is 46.4 Å². The highest BCUT2D eigenvalue weighted by molar-refractivity contribution is 7.99. The molecule has 1 fully saturated rings. The van der Waals surface area contributed by atoms with Crippen LogP contribution in [-0.2, 0) is 20.3 Å². The average Bonchev–Trinajstić information content (AvgIpc) is 3.13. The SMILES string of the molecule is Cn1cnn(CN(Cc2ccccn2)C2CCSC2)c1=S. The summed E-state index contributed by atoms with van der Waals surface area (Å²) in [6, 6.07) is 6.64. The molecule has 0 radical (unpaired) electrons. The lowest BCUT2D eigenvalue weighted by atomic mass is 10.2. The van der Waals surface area contributed by atoms with Crippen LogP contribution in [0.15, 0.2) is 30.7 Å². The second-order valence-corrected chi connectivity index (χ2v) is 6.77. The van der Waals surface area contributed by atoms with E-state index in [4.69, 9.17) is 12.2 Å². The summed E-state index contributed by atoms with van der Waals surface area (Å²) in [5.74, 6) is 2.41. The van der Waals surface area contributed by atoms with Crippen LogP contribution in [0.5, 0.6) is 0 Å². The standard InChI is InChI=1S/C14H19N5S2/c1-17-10-16-19(14(17)20)11-18(13-5-7-21-9-13)8-12-4-2-3-6-15-12/h2-4,6,10,13H,5,7-9,11H2,1H3. The van der Waals surface area contributed by atoms with Crippen LogP contribution in [0, 0.1) is 4.77 Å². The monoisotopic (exact) mass is 321 g/mol. The molecule has 0 amide bonds. The highest BCUT2D eigenvalue weighted by atomic mass is 32.2. The predicted molar refractivity (Wildman–Crippen MR) is 87.5 cm³/mol. The normalized spacial score (nSPS) is 18.5. The van der Waals surface area contributed by atoms with E-state index in [2.05, 4.69) is 21.0 Å². The largest absolute Gasteiger partial charge is 0.310 e. The van der Waals surface area contributed by atoms with Gasteiger partial charge in [0.1, 0.15) is 6.33 Å². The van der Waals surface area contributed by atoms with Gasteiger partial charge < -0.3 is 4.57 Å². The maximum Gasteiger partial charge on any atom is 0.198 e. The van der Waals surface area contributed by atoms with Crippen molar-refractivity contribution in [2.75, 3.05) is 11.5 Å². The van der Waals surface area contributed by atoms with Gasteiger partial charge >= 0.3 is 0 Å². The minimum atomic E-state index is 0.570. The van der Waals surface area contributed by atoms with Crippen LogP contribution in [0.25, 0.3) is 0 Å². The molecule has 1 aliphatic rings. The number of thioether (sulfide) groups is 1. The van der Waals surface area contributed by atoms with Gasteiger partial charge in [-0.3, -0.25) is 9.88 Å². The summed E-state index contributed by atoms with van der Waals surface area (Å²) in [4.78, 5) is 6.89. The van der Waals surface area contributed by atoms with Crippen molar-refractivity contribution >= 4 is 24.0 Å². The summed E-state index contributed by atoms with van der Waals surface area (Å²) in [6.45, 7) is 1.56. The number of nitrogens with zero attached hydrogens (tertiary/aromatic N) is 5. The molecule has 1 saturated heterocycles. The van der Waals surface area contributed by atoms with E-state index in [9.17, 15) is 0 Å². The molecule has 0 saturated carbocycles. The Morgan fingerprint density at radius 3 is 3.00 bits per heavy atom. The molecule has 1 atom stereocenters. The van der Waals surface area contributed by atoms with Gasteiger partial charge in [0.05, 0.1) is 12.4 Å². The molecule has 2 aromatic rings. The molecule has 3 rings (SSSR count). The van der Waals surface area contributed by atoms with Crippen LogP contribution >= 0.6 is 24.0 Å². The van der Waals surface area contributed by atoms with Gasteiger partial charge in [-0.2, -0.15) is 16.9 Å². The van der Waals surface area contributed by atoms with Crippen LogP contribution < -0.4 is 0 Å². The second kappa shape index (κ2) is 6.72. The first kappa shape index (κ1) is 14.7. The van der Waals surface area contributed by atoms with Crippen LogP contribution in [0.2, 0.25) is 0 Å². The quantitative estimate of drug-likeness (QED) is 0.790. The first-order valence-electron chi connectivity index (χ1n) is 7.04. The fourth-order valence-corrected chi connectivity index (χ4v) is 3.90. The Labute approximate surface area is 134 Å². The van der Waals surface area contributed by atoms with Crippen LogP contribution in [0.1, 0.15) is 12.1 Å². The third-order valence-electron chi connectivity index (χ3n) is 3.72. The minimum absolute atomic E-state index is 0.570. The second-order valence-electron chi connectivity index (χ2n) is 5.25. The van der Waals surface area contributed by atoms with Crippen molar-refractivity contribution in [3.63, 3.8) is 0 Å². The third kappa shape index (κ3) is 3.53. The van der Waals surface area contributed by atoms with E-state index in [1.165, 1.54) is 17.9 Å². The van der Waals surface area contributed by atoms with E-state index in [-0.39, 0.29) is 0 Å². The zero-order chi connectivity index (χ0) is 14.7. The van der Waals surface area contributed by atoms with Gasteiger partial charge in [0, 0.05) is 31.6 Å². The molecular formula is C14H19N5S2. The molecule has 1 aliphatic heterocycles. The predicted octanol–water partition coefficient (Wildman–Crippen LogP) is 2.31. The fourth-order valence-electron chi connectivity index (χ4n) is 2.49. The summed E-state index contributed by atoms with van der Waals surface area (Å²) in [6.07, 6.45) is 4.84. The van der Waals surface area contributed by atoms with Crippen molar-refractivity contribution < 1.29 is 0 Å². The summed E-state index contributed by atoms with van der Waals surface area (Å²) < 4.78 is 4.52. The molecule has 0 N–H and O–H groups in total. The number of hydrogen-bond donors (Lipinski definition) is 0. The van der Waals surface area contributed by atoms with Crippen LogP contribution in [0.3, 0.4) is 0 Å². The number of rotatable bonds is 5. The van der Waals surface area contributed by atoms with Crippen molar-refractivity contribution in [1.82, 2.24) is 24.2 Å².